The Morgan fingerprint density at radius 1 is 1.39 bits per heavy atom. The first kappa shape index (κ1) is 19.3. The highest BCUT2D eigenvalue weighted by Crippen LogP contribution is 2.24. The van der Waals surface area contributed by atoms with Gasteiger partial charge in [0.05, 0.1) is 22.3 Å². The fourth-order valence-corrected chi connectivity index (χ4v) is 2.69. The summed E-state index contributed by atoms with van der Waals surface area (Å²) in [7, 11) is 0. The van der Waals surface area contributed by atoms with E-state index in [-0.39, 0.29) is 23.4 Å². The molecule has 8 nitrogen and oxygen atoms in total. The Hall–Kier alpha value is -3.44. The van der Waals surface area contributed by atoms with E-state index in [1.165, 1.54) is 6.92 Å². The summed E-state index contributed by atoms with van der Waals surface area (Å²) in [6.45, 7) is 3.51. The summed E-state index contributed by atoms with van der Waals surface area (Å²) in [6, 6.07) is 8.83. The number of oxazole rings is 1. The smallest absolute Gasteiger partial charge is 0.273 e. The van der Waals surface area contributed by atoms with Gasteiger partial charge in [-0.1, -0.05) is 17.7 Å². The molecule has 0 aliphatic heterocycles. The number of hydrogen-bond acceptors (Lipinski definition) is 6. The van der Waals surface area contributed by atoms with Crippen LogP contribution in [0.15, 0.2) is 41.1 Å². The van der Waals surface area contributed by atoms with Crippen molar-refractivity contribution in [3.05, 3.63) is 58.9 Å². The highest BCUT2D eigenvalue weighted by molar-refractivity contribution is 6.32. The van der Waals surface area contributed by atoms with Crippen LogP contribution in [0.3, 0.4) is 0 Å². The molecule has 3 aromatic rings. The first-order valence-electron chi connectivity index (χ1n) is 8.39. The number of amides is 1. The Bertz CT molecular complexity index is 1080. The molecule has 2 aromatic heterocycles. The maximum atomic E-state index is 12.1. The minimum Gasteiger partial charge on any atom is -0.441 e. The molecule has 1 N–H and O–H groups in total. The van der Waals surface area contributed by atoms with Crippen LogP contribution < -0.4 is 5.32 Å². The summed E-state index contributed by atoms with van der Waals surface area (Å²) < 4.78 is 6.66. The molecule has 0 saturated heterocycles. The molecule has 0 radical (unpaired) electrons. The lowest BCUT2D eigenvalue weighted by molar-refractivity contribution is 0.0942. The van der Waals surface area contributed by atoms with E-state index in [1.807, 2.05) is 19.1 Å². The van der Waals surface area contributed by atoms with Crippen molar-refractivity contribution in [2.75, 3.05) is 6.54 Å². The summed E-state index contributed by atoms with van der Waals surface area (Å²) >= 11 is 6.07. The molecule has 9 heteroatoms. The normalized spacial score (nSPS) is 11.6. The van der Waals surface area contributed by atoms with E-state index in [1.54, 1.807) is 29.1 Å². The molecule has 142 valence electrons. The van der Waals surface area contributed by atoms with E-state index in [2.05, 4.69) is 15.4 Å². The van der Waals surface area contributed by atoms with Crippen molar-refractivity contribution in [3.63, 3.8) is 0 Å². The number of nitrogens with zero attached hydrogens (tertiary/aromatic N) is 4. The van der Waals surface area contributed by atoms with Crippen LogP contribution in [0.25, 0.3) is 11.3 Å². The lowest BCUT2D eigenvalue weighted by Gasteiger charge is -2.12. The van der Waals surface area contributed by atoms with Crippen LogP contribution in [0.5, 0.6) is 0 Å². The molecule has 0 spiro atoms. The van der Waals surface area contributed by atoms with Crippen molar-refractivity contribution < 1.29 is 14.0 Å². The van der Waals surface area contributed by atoms with E-state index in [0.29, 0.717) is 22.8 Å². The fourth-order valence-electron chi connectivity index (χ4n) is 2.47. The summed E-state index contributed by atoms with van der Waals surface area (Å²) in [5, 5.41) is 16.6. The molecule has 1 atom stereocenters. The summed E-state index contributed by atoms with van der Waals surface area (Å²) in [5.74, 6) is -0.884. The van der Waals surface area contributed by atoms with Gasteiger partial charge in [-0.3, -0.25) is 14.3 Å². The molecule has 1 aromatic carbocycles. The number of carbonyl (C=O) groups excluding carboxylic acids is 2. The average Bonchev–Trinajstić information content (AvgIpc) is 3.35. The number of rotatable bonds is 6. The van der Waals surface area contributed by atoms with Gasteiger partial charge >= 0.3 is 0 Å². The summed E-state index contributed by atoms with van der Waals surface area (Å²) in [6.07, 6.45) is 2.94. The lowest BCUT2D eigenvalue weighted by atomic mass is 10.1. The van der Waals surface area contributed by atoms with Crippen LogP contribution in [-0.2, 0) is 0 Å². The molecular weight excluding hydrogens is 382 g/mol. The number of Topliss-reactive ketones (excluding diaryl/α,β-unsaturated/α-hetero) is 1. The first-order valence-corrected chi connectivity index (χ1v) is 8.76. The van der Waals surface area contributed by atoms with Gasteiger partial charge in [0.2, 0.25) is 5.78 Å². The standard InChI is InChI=1S/C19H16ClN5O3/c1-11(9-22-18(27)17-10-28-19(23-17)12(2)26)25-6-5-16(24-25)13-3-4-14(8-21)15(20)7-13/h3-7,10-11H,9H2,1-2H3,(H,22,27)/t11-/m0/s1. The van der Waals surface area contributed by atoms with E-state index in [4.69, 9.17) is 21.3 Å². The zero-order valence-corrected chi connectivity index (χ0v) is 15.9. The molecule has 1 amide bonds. The van der Waals surface area contributed by atoms with Crippen molar-refractivity contribution in [1.82, 2.24) is 20.1 Å². The Labute approximate surface area is 165 Å². The molecule has 2 heterocycles. The molecule has 3 rings (SSSR count). The predicted molar refractivity (Wildman–Crippen MR) is 101 cm³/mol. The van der Waals surface area contributed by atoms with Crippen LogP contribution in [0.2, 0.25) is 5.02 Å². The second-order valence-electron chi connectivity index (χ2n) is 6.14. The zero-order chi connectivity index (χ0) is 20.3. The minimum atomic E-state index is -0.436. The molecule has 0 bridgehead atoms. The van der Waals surface area contributed by atoms with Crippen LogP contribution in [0.1, 0.15) is 46.6 Å². The number of benzene rings is 1. The maximum Gasteiger partial charge on any atom is 0.273 e. The highest BCUT2D eigenvalue weighted by Gasteiger charge is 2.16. The highest BCUT2D eigenvalue weighted by atomic mass is 35.5. The van der Waals surface area contributed by atoms with E-state index in [9.17, 15) is 9.59 Å². The van der Waals surface area contributed by atoms with Crippen LogP contribution in [0.4, 0.5) is 0 Å². The van der Waals surface area contributed by atoms with Crippen molar-refractivity contribution >= 4 is 23.3 Å². The Morgan fingerprint density at radius 2 is 2.18 bits per heavy atom. The number of ketones is 1. The number of hydrogen-bond donors (Lipinski definition) is 1. The first-order chi connectivity index (χ1) is 13.4. The lowest BCUT2D eigenvalue weighted by Crippen LogP contribution is -2.30. The molecule has 0 unspecified atom stereocenters. The SMILES string of the molecule is CC(=O)c1nc(C(=O)NC[C@H](C)n2ccc(-c3ccc(C#N)c(Cl)c3)n2)co1. The molecule has 0 fully saturated rings. The van der Waals surface area contributed by atoms with Gasteiger partial charge in [0.15, 0.2) is 5.69 Å². The molecule has 0 saturated carbocycles. The third kappa shape index (κ3) is 4.10. The Kier molecular flexibility index (Phi) is 5.57. The van der Waals surface area contributed by atoms with Crippen molar-refractivity contribution in [2.45, 2.75) is 19.9 Å². The van der Waals surface area contributed by atoms with Gasteiger partial charge in [-0.25, -0.2) is 4.98 Å². The van der Waals surface area contributed by atoms with Crippen LogP contribution in [0, 0.1) is 11.3 Å². The number of aromatic nitrogens is 3. The van der Waals surface area contributed by atoms with Gasteiger partial charge in [0.25, 0.3) is 11.8 Å². The van der Waals surface area contributed by atoms with E-state index >= 15 is 0 Å². The topological polar surface area (TPSA) is 114 Å². The molecule has 0 aliphatic carbocycles. The average molecular weight is 398 g/mol. The van der Waals surface area contributed by atoms with Crippen molar-refractivity contribution in [1.29, 1.82) is 5.26 Å². The second kappa shape index (κ2) is 8.06. The van der Waals surface area contributed by atoms with Gasteiger partial charge in [0.1, 0.15) is 12.3 Å². The number of nitrogens with one attached hydrogen (secondary N) is 1. The molecular formula is C19H16ClN5O3. The van der Waals surface area contributed by atoms with Crippen molar-refractivity contribution in [2.24, 2.45) is 0 Å². The number of carbonyl (C=O) groups is 2. The monoisotopic (exact) mass is 397 g/mol. The Morgan fingerprint density at radius 3 is 2.82 bits per heavy atom. The quantitative estimate of drug-likeness (QED) is 0.638. The van der Waals surface area contributed by atoms with Crippen LogP contribution >= 0.6 is 11.6 Å². The van der Waals surface area contributed by atoms with Gasteiger partial charge in [-0.05, 0) is 25.1 Å². The summed E-state index contributed by atoms with van der Waals surface area (Å²) in [4.78, 5) is 27.2. The third-order valence-electron chi connectivity index (χ3n) is 4.04. The fraction of sp³-hybridized carbons (Fsp3) is 0.211. The Balaban J connectivity index is 1.64. The van der Waals surface area contributed by atoms with E-state index in [0.717, 1.165) is 11.8 Å². The number of nitriles is 1. The van der Waals surface area contributed by atoms with Crippen LogP contribution in [-0.4, -0.2) is 33.0 Å². The van der Waals surface area contributed by atoms with Gasteiger partial charge in [-0.15, -0.1) is 0 Å². The summed E-state index contributed by atoms with van der Waals surface area (Å²) in [5.41, 5.74) is 1.94. The predicted octanol–water partition coefficient (Wildman–Crippen LogP) is 3.26. The molecule has 28 heavy (non-hydrogen) atoms. The number of halogens is 1. The van der Waals surface area contributed by atoms with Crippen molar-refractivity contribution in [3.8, 4) is 17.3 Å². The molecule has 0 aliphatic rings. The van der Waals surface area contributed by atoms with Gasteiger partial charge in [0, 0.05) is 25.2 Å². The maximum absolute atomic E-state index is 12.1. The van der Waals surface area contributed by atoms with Gasteiger partial charge < -0.3 is 9.73 Å². The zero-order valence-electron chi connectivity index (χ0n) is 15.1. The van der Waals surface area contributed by atoms with Gasteiger partial charge in [-0.2, -0.15) is 10.4 Å². The minimum absolute atomic E-state index is 0.0470. The largest absolute Gasteiger partial charge is 0.441 e. The third-order valence-corrected chi connectivity index (χ3v) is 4.35. The second-order valence-corrected chi connectivity index (χ2v) is 6.55. The van der Waals surface area contributed by atoms with E-state index < -0.39 is 5.91 Å².